The summed E-state index contributed by atoms with van der Waals surface area (Å²) in [6.45, 7) is 0. The SMILES string of the molecule is ClC1CC2CCC(C1)N2c1ncns1. The van der Waals surface area contributed by atoms with Crippen LogP contribution in [0.15, 0.2) is 6.33 Å². The molecule has 3 heterocycles. The molecule has 2 aliphatic heterocycles. The van der Waals surface area contributed by atoms with E-state index in [-0.39, 0.29) is 0 Å². The molecule has 2 aliphatic rings. The van der Waals surface area contributed by atoms with E-state index in [2.05, 4.69) is 14.3 Å². The monoisotopic (exact) mass is 229 g/mol. The molecule has 0 radical (unpaired) electrons. The Labute approximate surface area is 92.3 Å². The Morgan fingerprint density at radius 3 is 2.64 bits per heavy atom. The van der Waals surface area contributed by atoms with E-state index >= 15 is 0 Å². The molecule has 0 N–H and O–H groups in total. The molecule has 76 valence electrons. The van der Waals surface area contributed by atoms with Crippen molar-refractivity contribution in [2.45, 2.75) is 43.1 Å². The third-order valence-corrected chi connectivity index (χ3v) is 4.28. The van der Waals surface area contributed by atoms with Gasteiger partial charge in [-0.1, -0.05) is 0 Å². The fourth-order valence-electron chi connectivity index (χ4n) is 2.70. The summed E-state index contributed by atoms with van der Waals surface area (Å²) in [6.07, 6.45) is 6.41. The van der Waals surface area contributed by atoms with E-state index in [1.807, 2.05) is 0 Å². The number of nitrogens with zero attached hydrogens (tertiary/aromatic N) is 3. The zero-order valence-corrected chi connectivity index (χ0v) is 9.34. The Hall–Kier alpha value is -0.350. The van der Waals surface area contributed by atoms with E-state index < -0.39 is 0 Å². The van der Waals surface area contributed by atoms with Crippen LogP contribution in [-0.2, 0) is 0 Å². The van der Waals surface area contributed by atoms with Crippen LogP contribution in [0.2, 0.25) is 0 Å². The molecule has 0 saturated carbocycles. The smallest absolute Gasteiger partial charge is 0.205 e. The second-order valence-electron chi connectivity index (χ2n) is 4.08. The summed E-state index contributed by atoms with van der Waals surface area (Å²) in [4.78, 5) is 6.74. The predicted molar refractivity (Wildman–Crippen MR) is 58.1 cm³/mol. The number of anilines is 1. The molecule has 0 aromatic carbocycles. The Kier molecular flexibility index (Phi) is 2.13. The number of hydrogen-bond donors (Lipinski definition) is 0. The highest BCUT2D eigenvalue weighted by molar-refractivity contribution is 7.09. The largest absolute Gasteiger partial charge is 0.341 e. The molecule has 0 aliphatic carbocycles. The van der Waals surface area contributed by atoms with Gasteiger partial charge in [-0.25, -0.2) is 4.98 Å². The molecule has 5 heteroatoms. The van der Waals surface area contributed by atoms with Crippen LogP contribution in [0.1, 0.15) is 25.7 Å². The number of hydrogen-bond acceptors (Lipinski definition) is 4. The van der Waals surface area contributed by atoms with Gasteiger partial charge < -0.3 is 4.90 Å². The minimum absolute atomic E-state index is 0.372. The topological polar surface area (TPSA) is 29.0 Å². The molecule has 3 rings (SSSR count). The van der Waals surface area contributed by atoms with Crippen molar-refractivity contribution in [1.29, 1.82) is 0 Å². The molecule has 2 bridgehead atoms. The van der Waals surface area contributed by atoms with Crippen molar-refractivity contribution in [2.24, 2.45) is 0 Å². The van der Waals surface area contributed by atoms with Gasteiger partial charge in [0.25, 0.3) is 0 Å². The Bertz CT molecular complexity index is 302. The van der Waals surface area contributed by atoms with Gasteiger partial charge in [-0.3, -0.25) is 0 Å². The van der Waals surface area contributed by atoms with Crippen LogP contribution in [0.4, 0.5) is 5.13 Å². The number of piperidine rings is 1. The van der Waals surface area contributed by atoms with Gasteiger partial charge >= 0.3 is 0 Å². The normalized spacial score (nSPS) is 36.4. The van der Waals surface area contributed by atoms with Gasteiger partial charge in [0.05, 0.1) is 0 Å². The maximum absolute atomic E-state index is 6.21. The van der Waals surface area contributed by atoms with Crippen molar-refractivity contribution >= 4 is 28.3 Å². The summed E-state index contributed by atoms with van der Waals surface area (Å²) < 4.78 is 4.07. The second kappa shape index (κ2) is 3.35. The van der Waals surface area contributed by atoms with Crippen molar-refractivity contribution in [2.75, 3.05) is 4.90 Å². The average Bonchev–Trinajstić information content (AvgIpc) is 2.72. The van der Waals surface area contributed by atoms with Crippen molar-refractivity contribution in [3.63, 3.8) is 0 Å². The third kappa shape index (κ3) is 1.32. The van der Waals surface area contributed by atoms with Crippen molar-refractivity contribution in [3.05, 3.63) is 6.33 Å². The Morgan fingerprint density at radius 2 is 2.07 bits per heavy atom. The molecule has 2 saturated heterocycles. The number of halogens is 1. The van der Waals surface area contributed by atoms with E-state index in [1.165, 1.54) is 24.4 Å². The van der Waals surface area contributed by atoms with Crippen LogP contribution in [0.25, 0.3) is 0 Å². The quantitative estimate of drug-likeness (QED) is 0.692. The van der Waals surface area contributed by atoms with Gasteiger partial charge in [0.15, 0.2) is 0 Å². The molecule has 14 heavy (non-hydrogen) atoms. The predicted octanol–water partition coefficient (Wildman–Crippen LogP) is 2.28. The van der Waals surface area contributed by atoms with Crippen LogP contribution in [0.5, 0.6) is 0 Å². The van der Waals surface area contributed by atoms with Gasteiger partial charge in [-0.05, 0) is 25.7 Å². The summed E-state index contributed by atoms with van der Waals surface area (Å²) in [6, 6.07) is 1.23. The first-order valence-corrected chi connectivity index (χ1v) is 6.24. The average molecular weight is 230 g/mol. The summed E-state index contributed by atoms with van der Waals surface area (Å²) in [5.41, 5.74) is 0. The van der Waals surface area contributed by atoms with Crippen LogP contribution >= 0.6 is 23.1 Å². The maximum atomic E-state index is 6.21. The lowest BCUT2D eigenvalue weighted by atomic mass is 10.0. The lowest BCUT2D eigenvalue weighted by Gasteiger charge is -2.36. The third-order valence-electron chi connectivity index (χ3n) is 3.25. The molecule has 2 fully saturated rings. The molecule has 2 unspecified atom stereocenters. The molecule has 0 spiro atoms. The van der Waals surface area contributed by atoms with Crippen LogP contribution in [0, 0.1) is 0 Å². The molecule has 1 aromatic heterocycles. The van der Waals surface area contributed by atoms with Crippen molar-refractivity contribution in [3.8, 4) is 0 Å². The highest BCUT2D eigenvalue weighted by Crippen LogP contribution is 2.40. The minimum Gasteiger partial charge on any atom is -0.341 e. The van der Waals surface area contributed by atoms with Gasteiger partial charge in [0, 0.05) is 29.0 Å². The lowest BCUT2D eigenvalue weighted by Crippen LogP contribution is -2.43. The fraction of sp³-hybridized carbons (Fsp3) is 0.778. The van der Waals surface area contributed by atoms with Crippen molar-refractivity contribution in [1.82, 2.24) is 9.36 Å². The first kappa shape index (κ1) is 8.92. The number of aromatic nitrogens is 2. The zero-order valence-electron chi connectivity index (χ0n) is 7.77. The van der Waals surface area contributed by atoms with Crippen LogP contribution in [-0.4, -0.2) is 26.8 Å². The number of rotatable bonds is 1. The standard InChI is InChI=1S/C9H12ClN3S/c10-6-3-7-1-2-8(4-6)13(7)9-11-5-12-14-9/h5-8H,1-4H2. The highest BCUT2D eigenvalue weighted by Gasteiger charge is 2.41. The summed E-state index contributed by atoms with van der Waals surface area (Å²) in [7, 11) is 0. The molecule has 0 amide bonds. The van der Waals surface area contributed by atoms with E-state index in [1.54, 1.807) is 6.33 Å². The maximum Gasteiger partial charge on any atom is 0.205 e. The molecule has 2 atom stereocenters. The zero-order chi connectivity index (χ0) is 9.54. The minimum atomic E-state index is 0.372. The fourth-order valence-corrected chi connectivity index (χ4v) is 3.79. The van der Waals surface area contributed by atoms with E-state index in [4.69, 9.17) is 11.6 Å². The number of alkyl halides is 1. The first-order chi connectivity index (χ1) is 6.84. The number of fused-ring (bicyclic) bond motifs is 2. The van der Waals surface area contributed by atoms with Gasteiger partial charge in [-0.2, -0.15) is 4.37 Å². The molecule has 3 nitrogen and oxygen atoms in total. The van der Waals surface area contributed by atoms with E-state index in [9.17, 15) is 0 Å². The van der Waals surface area contributed by atoms with Gasteiger partial charge in [0.1, 0.15) is 6.33 Å². The summed E-state index contributed by atoms with van der Waals surface area (Å²) >= 11 is 7.71. The molecular weight excluding hydrogens is 218 g/mol. The van der Waals surface area contributed by atoms with E-state index in [0.717, 1.165) is 18.0 Å². The molecular formula is C9H12ClN3S. The second-order valence-corrected chi connectivity index (χ2v) is 5.46. The Morgan fingerprint density at radius 1 is 1.36 bits per heavy atom. The summed E-state index contributed by atoms with van der Waals surface area (Å²) in [5, 5.41) is 1.46. The van der Waals surface area contributed by atoms with Crippen LogP contribution in [0.3, 0.4) is 0 Å². The van der Waals surface area contributed by atoms with Gasteiger partial charge in [-0.15, -0.1) is 11.6 Å². The van der Waals surface area contributed by atoms with E-state index in [0.29, 0.717) is 17.5 Å². The Balaban J connectivity index is 1.88. The van der Waals surface area contributed by atoms with Crippen LogP contribution < -0.4 is 4.90 Å². The molecule has 1 aromatic rings. The summed E-state index contributed by atoms with van der Waals surface area (Å²) in [5.74, 6) is 0. The van der Waals surface area contributed by atoms with Crippen molar-refractivity contribution < 1.29 is 0 Å². The van der Waals surface area contributed by atoms with Gasteiger partial charge in [0.2, 0.25) is 5.13 Å². The highest BCUT2D eigenvalue weighted by atomic mass is 35.5. The lowest BCUT2D eigenvalue weighted by molar-refractivity contribution is 0.473. The first-order valence-electron chi connectivity index (χ1n) is 5.03.